The number of likely N-dealkylation sites (tertiary alicyclic amines) is 1. The van der Waals surface area contributed by atoms with Gasteiger partial charge in [-0.1, -0.05) is 12.1 Å². The Labute approximate surface area is 153 Å². The third-order valence-corrected chi connectivity index (χ3v) is 5.13. The van der Waals surface area contributed by atoms with Crippen molar-refractivity contribution < 1.29 is 9.59 Å². The van der Waals surface area contributed by atoms with Crippen LogP contribution in [-0.2, 0) is 4.79 Å². The normalized spacial score (nSPS) is 16.6. The predicted molar refractivity (Wildman–Crippen MR) is 96.2 cm³/mol. The molecule has 0 bridgehead atoms. The van der Waals surface area contributed by atoms with Gasteiger partial charge in [-0.05, 0) is 52.9 Å². The van der Waals surface area contributed by atoms with Gasteiger partial charge in [0.15, 0.2) is 0 Å². The van der Waals surface area contributed by atoms with Crippen LogP contribution in [0.2, 0.25) is 0 Å². The van der Waals surface area contributed by atoms with Crippen LogP contribution in [0.1, 0.15) is 22.5 Å². The van der Waals surface area contributed by atoms with Gasteiger partial charge in [0.2, 0.25) is 5.91 Å². The largest absolute Gasteiger partial charge is 0.326 e. The fraction of sp³-hybridized carbons (Fsp3) is 0.235. The molecule has 2 aromatic heterocycles. The van der Waals surface area contributed by atoms with E-state index in [4.69, 9.17) is 0 Å². The molecule has 1 atom stereocenters. The second-order valence-corrected chi connectivity index (χ2v) is 6.88. The average Bonchev–Trinajstić information content (AvgIpc) is 3.44. The summed E-state index contributed by atoms with van der Waals surface area (Å²) >= 11 is 1.39. The van der Waals surface area contributed by atoms with E-state index >= 15 is 0 Å². The van der Waals surface area contributed by atoms with Gasteiger partial charge in [0, 0.05) is 12.2 Å². The maximum absolute atomic E-state index is 12.7. The number of carbonyl (C=O) groups excluding carboxylic acids is 2. The molecule has 2 amide bonds. The van der Waals surface area contributed by atoms with Gasteiger partial charge in [-0.25, -0.2) is 4.68 Å². The Morgan fingerprint density at radius 3 is 2.92 bits per heavy atom. The molecular weight excluding hydrogens is 352 g/mol. The number of benzene rings is 1. The molecular formula is C17H16N6O2S. The van der Waals surface area contributed by atoms with Crippen molar-refractivity contribution in [3.63, 3.8) is 0 Å². The quantitative estimate of drug-likeness (QED) is 0.760. The van der Waals surface area contributed by atoms with Gasteiger partial charge in [-0.2, -0.15) is 0 Å². The minimum Gasteiger partial charge on any atom is -0.326 e. The summed E-state index contributed by atoms with van der Waals surface area (Å²) in [7, 11) is 0. The van der Waals surface area contributed by atoms with E-state index in [-0.39, 0.29) is 11.8 Å². The van der Waals surface area contributed by atoms with E-state index in [0.717, 1.165) is 12.1 Å². The Morgan fingerprint density at radius 2 is 2.15 bits per heavy atom. The van der Waals surface area contributed by atoms with Crippen LogP contribution in [0.4, 0.5) is 5.69 Å². The van der Waals surface area contributed by atoms with Gasteiger partial charge in [0.05, 0.1) is 10.6 Å². The Bertz CT molecular complexity index is 909. The Balaban J connectivity index is 1.49. The molecule has 1 fully saturated rings. The molecule has 26 heavy (non-hydrogen) atoms. The lowest BCUT2D eigenvalue weighted by Crippen LogP contribution is -2.42. The highest BCUT2D eigenvalue weighted by Crippen LogP contribution is 2.24. The molecule has 3 heterocycles. The zero-order chi connectivity index (χ0) is 17.9. The molecule has 0 saturated carbocycles. The summed E-state index contributed by atoms with van der Waals surface area (Å²) in [5.41, 5.74) is 1.38. The van der Waals surface area contributed by atoms with Crippen molar-refractivity contribution >= 4 is 28.8 Å². The zero-order valence-electron chi connectivity index (χ0n) is 13.8. The molecule has 0 spiro atoms. The summed E-state index contributed by atoms with van der Waals surface area (Å²) < 4.78 is 1.51. The number of rotatable bonds is 4. The van der Waals surface area contributed by atoms with Crippen molar-refractivity contribution in [3.05, 3.63) is 53.0 Å². The van der Waals surface area contributed by atoms with Crippen LogP contribution in [0.25, 0.3) is 5.69 Å². The number of carbonyl (C=O) groups is 2. The Kier molecular flexibility index (Phi) is 4.44. The zero-order valence-corrected chi connectivity index (χ0v) is 14.6. The maximum Gasteiger partial charge on any atom is 0.264 e. The minimum atomic E-state index is -0.457. The molecule has 0 radical (unpaired) electrons. The molecule has 1 aliphatic rings. The number of tetrazole rings is 1. The van der Waals surface area contributed by atoms with E-state index < -0.39 is 6.04 Å². The van der Waals surface area contributed by atoms with E-state index in [1.165, 1.54) is 22.3 Å². The molecule has 9 heteroatoms. The van der Waals surface area contributed by atoms with Crippen molar-refractivity contribution in [2.24, 2.45) is 0 Å². The lowest BCUT2D eigenvalue weighted by atomic mass is 10.2. The molecule has 1 N–H and O–H groups in total. The van der Waals surface area contributed by atoms with Crippen molar-refractivity contribution in [1.29, 1.82) is 0 Å². The number of anilines is 1. The summed E-state index contributed by atoms with van der Waals surface area (Å²) in [6.07, 6.45) is 2.97. The first kappa shape index (κ1) is 16.4. The van der Waals surface area contributed by atoms with Crippen molar-refractivity contribution in [2.75, 3.05) is 11.9 Å². The molecule has 1 unspecified atom stereocenters. The number of thiophene rings is 1. The molecule has 0 aliphatic carbocycles. The van der Waals surface area contributed by atoms with Gasteiger partial charge < -0.3 is 10.2 Å². The van der Waals surface area contributed by atoms with Gasteiger partial charge in [-0.15, -0.1) is 16.4 Å². The molecule has 8 nitrogen and oxygen atoms in total. The van der Waals surface area contributed by atoms with Crippen LogP contribution < -0.4 is 5.32 Å². The monoisotopic (exact) mass is 368 g/mol. The summed E-state index contributed by atoms with van der Waals surface area (Å²) in [6, 6.07) is 10.4. The second-order valence-electron chi connectivity index (χ2n) is 5.93. The van der Waals surface area contributed by atoms with E-state index in [1.54, 1.807) is 23.1 Å². The summed E-state index contributed by atoms with van der Waals surface area (Å²) in [4.78, 5) is 27.7. The van der Waals surface area contributed by atoms with Crippen LogP contribution >= 0.6 is 11.3 Å². The third-order valence-electron chi connectivity index (χ3n) is 4.28. The van der Waals surface area contributed by atoms with Crippen LogP contribution in [0, 0.1) is 0 Å². The molecule has 1 aliphatic heterocycles. The topological polar surface area (TPSA) is 93.0 Å². The van der Waals surface area contributed by atoms with Crippen molar-refractivity contribution in [3.8, 4) is 5.69 Å². The van der Waals surface area contributed by atoms with Gasteiger partial charge >= 0.3 is 0 Å². The highest BCUT2D eigenvalue weighted by molar-refractivity contribution is 7.12. The van der Waals surface area contributed by atoms with E-state index in [1.807, 2.05) is 23.6 Å². The number of nitrogens with zero attached hydrogens (tertiary/aromatic N) is 5. The standard InChI is InChI=1S/C17H16N6O2S/c24-16(14-6-2-8-22(14)17(25)15-7-3-9-26-15)19-12-4-1-5-13(10-12)23-11-18-20-21-23/h1,3-5,7,9-11,14H,2,6,8H2,(H,19,24). The van der Waals surface area contributed by atoms with E-state index in [0.29, 0.717) is 23.5 Å². The number of hydrogen-bond acceptors (Lipinski definition) is 6. The van der Waals surface area contributed by atoms with Crippen LogP contribution in [0.5, 0.6) is 0 Å². The predicted octanol–water partition coefficient (Wildman–Crippen LogP) is 1.97. The average molecular weight is 368 g/mol. The van der Waals surface area contributed by atoms with Gasteiger partial charge in [-0.3, -0.25) is 9.59 Å². The van der Waals surface area contributed by atoms with Gasteiger partial charge in [0.25, 0.3) is 5.91 Å². The van der Waals surface area contributed by atoms with E-state index in [2.05, 4.69) is 20.8 Å². The highest BCUT2D eigenvalue weighted by Gasteiger charge is 2.34. The Morgan fingerprint density at radius 1 is 1.23 bits per heavy atom. The summed E-state index contributed by atoms with van der Waals surface area (Å²) in [6.45, 7) is 0.597. The lowest BCUT2D eigenvalue weighted by Gasteiger charge is -2.23. The van der Waals surface area contributed by atoms with Crippen LogP contribution in [-0.4, -0.2) is 49.5 Å². The summed E-state index contributed by atoms with van der Waals surface area (Å²) in [5, 5.41) is 15.8. The molecule has 3 aromatic rings. The number of amides is 2. The first-order valence-electron chi connectivity index (χ1n) is 8.21. The molecule has 1 aromatic carbocycles. The highest BCUT2D eigenvalue weighted by atomic mass is 32.1. The third kappa shape index (κ3) is 3.21. The van der Waals surface area contributed by atoms with Crippen LogP contribution in [0.15, 0.2) is 48.1 Å². The molecule has 1 saturated heterocycles. The first-order chi connectivity index (χ1) is 12.7. The smallest absolute Gasteiger partial charge is 0.264 e. The van der Waals surface area contributed by atoms with Crippen LogP contribution in [0.3, 0.4) is 0 Å². The summed E-state index contributed by atoms with van der Waals surface area (Å²) in [5.74, 6) is -0.263. The lowest BCUT2D eigenvalue weighted by molar-refractivity contribution is -0.119. The second kappa shape index (κ2) is 7.04. The number of nitrogens with one attached hydrogen (secondary N) is 1. The number of aromatic nitrogens is 4. The first-order valence-corrected chi connectivity index (χ1v) is 9.09. The van der Waals surface area contributed by atoms with Crippen molar-refractivity contribution in [2.45, 2.75) is 18.9 Å². The van der Waals surface area contributed by atoms with Crippen molar-refractivity contribution in [1.82, 2.24) is 25.1 Å². The van der Waals surface area contributed by atoms with Gasteiger partial charge in [0.1, 0.15) is 12.4 Å². The Hall–Kier alpha value is -3.07. The molecule has 132 valence electrons. The number of hydrogen-bond donors (Lipinski definition) is 1. The fourth-order valence-electron chi connectivity index (χ4n) is 3.06. The SMILES string of the molecule is O=C(Nc1cccc(-n2cnnn2)c1)C1CCCN1C(=O)c1cccs1. The molecule has 4 rings (SSSR count). The van der Waals surface area contributed by atoms with E-state index in [9.17, 15) is 9.59 Å². The maximum atomic E-state index is 12.7. The minimum absolute atomic E-state index is 0.0832. The fourth-order valence-corrected chi connectivity index (χ4v) is 3.73.